The van der Waals surface area contributed by atoms with Crippen molar-refractivity contribution in [3.05, 3.63) is 16.6 Å². The van der Waals surface area contributed by atoms with Crippen LogP contribution < -0.4 is 0 Å². The van der Waals surface area contributed by atoms with Crippen molar-refractivity contribution >= 4 is 27.7 Å². The lowest BCUT2D eigenvalue weighted by Crippen LogP contribution is -2.49. The first-order chi connectivity index (χ1) is 7.98. The molecule has 1 aliphatic heterocycles. The molecule has 0 radical (unpaired) electrons. The van der Waals surface area contributed by atoms with Gasteiger partial charge in [0, 0.05) is 31.6 Å². The largest absolute Gasteiger partial charge is 0.374 e. The van der Waals surface area contributed by atoms with Gasteiger partial charge < -0.3 is 4.90 Å². The number of amides is 1. The third-order valence-corrected chi connectivity index (χ3v) is 4.05. The second-order valence-electron chi connectivity index (χ2n) is 3.51. The van der Waals surface area contributed by atoms with E-state index in [1.165, 1.54) is 16.2 Å². The molecule has 1 saturated heterocycles. The zero-order valence-corrected chi connectivity index (χ0v) is 10.4. The molecular formula is C8H10FN3O3S2. The van der Waals surface area contributed by atoms with Crippen molar-refractivity contribution < 1.29 is 17.1 Å². The molecule has 0 aromatic carbocycles. The van der Waals surface area contributed by atoms with E-state index in [1.807, 2.05) is 0 Å². The average Bonchev–Trinajstić information content (AvgIpc) is 2.80. The van der Waals surface area contributed by atoms with Gasteiger partial charge in [-0.05, 0) is 0 Å². The van der Waals surface area contributed by atoms with Crippen LogP contribution >= 0.6 is 11.3 Å². The van der Waals surface area contributed by atoms with Crippen molar-refractivity contribution in [2.75, 3.05) is 26.2 Å². The highest BCUT2D eigenvalue weighted by molar-refractivity contribution is 7.83. The van der Waals surface area contributed by atoms with Crippen LogP contribution in [0.2, 0.25) is 0 Å². The predicted molar refractivity (Wildman–Crippen MR) is 59.6 cm³/mol. The number of nitrogens with zero attached hydrogens (tertiary/aromatic N) is 3. The first-order valence-electron chi connectivity index (χ1n) is 4.85. The second kappa shape index (κ2) is 4.67. The topological polar surface area (TPSA) is 70.6 Å². The van der Waals surface area contributed by atoms with Crippen LogP contribution in [-0.2, 0) is 10.4 Å². The number of carbonyl (C=O) groups excluding carboxylic acids is 1. The fourth-order valence-corrected chi connectivity index (χ4v) is 2.71. The summed E-state index contributed by atoms with van der Waals surface area (Å²) in [6.45, 7) is 0.322. The summed E-state index contributed by atoms with van der Waals surface area (Å²) >= 11 is 1.31. The van der Waals surface area contributed by atoms with E-state index in [2.05, 4.69) is 4.98 Å². The second-order valence-corrected chi connectivity index (χ2v) is 5.57. The molecule has 94 valence electrons. The van der Waals surface area contributed by atoms with Gasteiger partial charge in [0.2, 0.25) is 0 Å². The first-order valence-corrected chi connectivity index (χ1v) is 7.14. The van der Waals surface area contributed by atoms with Crippen molar-refractivity contribution in [3.8, 4) is 0 Å². The Hall–Kier alpha value is -1.06. The van der Waals surface area contributed by atoms with Gasteiger partial charge in [0.1, 0.15) is 5.69 Å². The van der Waals surface area contributed by atoms with Crippen LogP contribution in [0.1, 0.15) is 10.5 Å². The molecule has 1 fully saturated rings. The van der Waals surface area contributed by atoms with Crippen LogP contribution in [0.3, 0.4) is 0 Å². The van der Waals surface area contributed by atoms with E-state index in [0.717, 1.165) is 4.31 Å². The lowest BCUT2D eigenvalue weighted by molar-refractivity contribution is 0.0690. The Kier molecular flexibility index (Phi) is 3.40. The summed E-state index contributed by atoms with van der Waals surface area (Å²) in [4.78, 5) is 17.2. The van der Waals surface area contributed by atoms with Gasteiger partial charge in [0.25, 0.3) is 5.91 Å². The molecule has 2 rings (SSSR count). The number of carbonyl (C=O) groups is 1. The quantitative estimate of drug-likeness (QED) is 0.721. The number of rotatable bonds is 2. The lowest BCUT2D eigenvalue weighted by Gasteiger charge is -2.31. The minimum Gasteiger partial charge on any atom is -0.335 e. The standard InChI is InChI=1S/C8H10FN3O3S2/c9-17(14,15)12-3-1-11(2-4-12)8(13)7-5-16-6-10-7/h5-6H,1-4H2. The van der Waals surface area contributed by atoms with Crippen LogP contribution in [-0.4, -0.2) is 54.7 Å². The maximum Gasteiger partial charge on any atom is 0.374 e. The minimum absolute atomic E-state index is 0.0191. The molecule has 1 aliphatic rings. The highest BCUT2D eigenvalue weighted by Crippen LogP contribution is 2.12. The van der Waals surface area contributed by atoms with Crippen LogP contribution in [0.25, 0.3) is 0 Å². The molecule has 0 spiro atoms. The molecule has 0 N–H and O–H groups in total. The Morgan fingerprint density at radius 2 is 2.00 bits per heavy atom. The van der Waals surface area contributed by atoms with Gasteiger partial charge in [-0.3, -0.25) is 4.79 Å². The van der Waals surface area contributed by atoms with Gasteiger partial charge in [-0.2, -0.15) is 12.7 Å². The zero-order valence-electron chi connectivity index (χ0n) is 8.74. The maximum atomic E-state index is 12.7. The Morgan fingerprint density at radius 3 is 2.47 bits per heavy atom. The fourth-order valence-electron chi connectivity index (χ4n) is 1.59. The minimum atomic E-state index is -4.65. The SMILES string of the molecule is O=C(c1cscn1)N1CCN(S(=O)(=O)F)CC1. The normalized spacial score (nSPS) is 18.3. The molecule has 0 unspecified atom stereocenters. The van der Waals surface area contributed by atoms with Crippen molar-refractivity contribution in [1.29, 1.82) is 0 Å². The lowest BCUT2D eigenvalue weighted by atomic mass is 10.3. The zero-order chi connectivity index (χ0) is 12.5. The number of hydrogen-bond donors (Lipinski definition) is 0. The smallest absolute Gasteiger partial charge is 0.335 e. The van der Waals surface area contributed by atoms with Crippen molar-refractivity contribution in [2.45, 2.75) is 0 Å². The maximum absolute atomic E-state index is 12.7. The van der Waals surface area contributed by atoms with E-state index in [4.69, 9.17) is 0 Å². The summed E-state index contributed by atoms with van der Waals surface area (Å²) in [7, 11) is -4.65. The summed E-state index contributed by atoms with van der Waals surface area (Å²) < 4.78 is 34.7. The third-order valence-electron chi connectivity index (χ3n) is 2.49. The molecule has 0 atom stereocenters. The number of piperazine rings is 1. The monoisotopic (exact) mass is 279 g/mol. The number of thiazole rings is 1. The van der Waals surface area contributed by atoms with Gasteiger partial charge >= 0.3 is 10.4 Å². The van der Waals surface area contributed by atoms with Crippen LogP contribution in [0.15, 0.2) is 10.9 Å². The Bertz CT molecular complexity index is 494. The van der Waals surface area contributed by atoms with Crippen molar-refractivity contribution in [2.24, 2.45) is 0 Å². The Morgan fingerprint density at radius 1 is 1.35 bits per heavy atom. The van der Waals surface area contributed by atoms with Gasteiger partial charge in [0.15, 0.2) is 0 Å². The first kappa shape index (κ1) is 12.4. The van der Waals surface area contributed by atoms with Gasteiger partial charge in [0.05, 0.1) is 5.51 Å². The molecular weight excluding hydrogens is 269 g/mol. The molecule has 1 aromatic heterocycles. The van der Waals surface area contributed by atoms with E-state index in [0.29, 0.717) is 5.69 Å². The van der Waals surface area contributed by atoms with Crippen LogP contribution in [0, 0.1) is 0 Å². The molecule has 6 nitrogen and oxygen atoms in total. The highest BCUT2D eigenvalue weighted by atomic mass is 32.3. The molecule has 0 aliphatic carbocycles. The molecule has 1 aromatic rings. The van der Waals surface area contributed by atoms with Crippen molar-refractivity contribution in [3.63, 3.8) is 0 Å². The van der Waals surface area contributed by atoms with Crippen molar-refractivity contribution in [1.82, 2.24) is 14.2 Å². The Balaban J connectivity index is 1.98. The molecule has 17 heavy (non-hydrogen) atoms. The summed E-state index contributed by atoms with van der Waals surface area (Å²) in [5.41, 5.74) is 1.89. The summed E-state index contributed by atoms with van der Waals surface area (Å²) in [6, 6.07) is 0. The Labute approximate surface area is 102 Å². The van der Waals surface area contributed by atoms with E-state index in [9.17, 15) is 17.1 Å². The summed E-state index contributed by atoms with van der Waals surface area (Å²) in [6.07, 6.45) is 0. The van der Waals surface area contributed by atoms with Gasteiger partial charge in [-0.1, -0.05) is 3.89 Å². The average molecular weight is 279 g/mol. The molecule has 9 heteroatoms. The summed E-state index contributed by atoms with van der Waals surface area (Å²) in [5.74, 6) is -0.248. The predicted octanol–water partition coefficient (Wildman–Crippen LogP) is 0.115. The number of aromatic nitrogens is 1. The van der Waals surface area contributed by atoms with E-state index in [1.54, 1.807) is 10.9 Å². The van der Waals surface area contributed by atoms with Gasteiger partial charge in [-0.25, -0.2) is 4.98 Å². The molecule has 0 saturated carbocycles. The number of hydrogen-bond acceptors (Lipinski definition) is 5. The molecule has 1 amide bonds. The molecule has 0 bridgehead atoms. The van der Waals surface area contributed by atoms with E-state index < -0.39 is 10.4 Å². The number of halogens is 1. The van der Waals surface area contributed by atoms with Gasteiger partial charge in [-0.15, -0.1) is 11.3 Å². The highest BCUT2D eigenvalue weighted by Gasteiger charge is 2.29. The van der Waals surface area contributed by atoms with E-state index in [-0.39, 0.29) is 32.1 Å². The third kappa shape index (κ3) is 2.79. The van der Waals surface area contributed by atoms with Crippen LogP contribution in [0.4, 0.5) is 3.89 Å². The fraction of sp³-hybridized carbons (Fsp3) is 0.500. The van der Waals surface area contributed by atoms with E-state index >= 15 is 0 Å². The summed E-state index contributed by atoms with van der Waals surface area (Å²) in [5, 5.41) is 1.63. The van der Waals surface area contributed by atoms with Crippen LogP contribution in [0.5, 0.6) is 0 Å². The molecule has 2 heterocycles.